The van der Waals surface area contributed by atoms with E-state index in [4.69, 9.17) is 0 Å². The van der Waals surface area contributed by atoms with Gasteiger partial charge in [0.05, 0.1) is 4.90 Å². The summed E-state index contributed by atoms with van der Waals surface area (Å²) >= 11 is 0. The summed E-state index contributed by atoms with van der Waals surface area (Å²) in [5.74, 6) is -0.239. The molecular formula is C20H23N3O3S. The largest absolute Gasteiger partial charge is 0.372 e. The summed E-state index contributed by atoms with van der Waals surface area (Å²) in [7, 11) is -2.22. The summed E-state index contributed by atoms with van der Waals surface area (Å²) in [6.07, 6.45) is 1.78. The Bertz CT molecular complexity index is 992. The topological polar surface area (TPSA) is 78.5 Å². The van der Waals surface area contributed by atoms with E-state index in [-0.39, 0.29) is 10.8 Å². The third-order valence-electron chi connectivity index (χ3n) is 4.69. The Hall–Kier alpha value is -2.64. The number of benzene rings is 2. The molecule has 0 fully saturated rings. The highest BCUT2D eigenvalue weighted by Crippen LogP contribution is 2.35. The number of nitrogens with zero attached hydrogens (tertiary/aromatic N) is 1. The lowest BCUT2D eigenvalue weighted by Gasteiger charge is -2.20. The summed E-state index contributed by atoms with van der Waals surface area (Å²) in [6.45, 7) is 6.07. The lowest BCUT2D eigenvalue weighted by Crippen LogP contribution is -2.21. The maximum absolute atomic E-state index is 12.4. The van der Waals surface area contributed by atoms with Crippen molar-refractivity contribution in [3.05, 3.63) is 53.6 Å². The number of carbonyl (C=O) groups is 1. The molecule has 2 aromatic rings. The van der Waals surface area contributed by atoms with Crippen LogP contribution in [0.25, 0.3) is 11.6 Å². The van der Waals surface area contributed by atoms with Crippen LogP contribution >= 0.6 is 0 Å². The smallest absolute Gasteiger partial charge is 0.256 e. The van der Waals surface area contributed by atoms with Crippen molar-refractivity contribution in [1.82, 2.24) is 4.72 Å². The van der Waals surface area contributed by atoms with Gasteiger partial charge in [-0.15, -0.1) is 0 Å². The first-order valence-corrected chi connectivity index (χ1v) is 10.3. The van der Waals surface area contributed by atoms with Crippen LogP contribution in [0.3, 0.4) is 0 Å². The number of hydrogen-bond acceptors (Lipinski definition) is 4. The van der Waals surface area contributed by atoms with Crippen LogP contribution in [0, 0.1) is 0 Å². The van der Waals surface area contributed by atoms with Gasteiger partial charge in [-0.2, -0.15) is 0 Å². The van der Waals surface area contributed by atoms with E-state index in [1.807, 2.05) is 24.3 Å². The first-order chi connectivity index (χ1) is 12.9. The van der Waals surface area contributed by atoms with Crippen molar-refractivity contribution in [2.45, 2.75) is 18.7 Å². The predicted octanol–water partition coefficient (Wildman–Crippen LogP) is 2.93. The highest BCUT2D eigenvalue weighted by Gasteiger charge is 2.26. The van der Waals surface area contributed by atoms with Crippen molar-refractivity contribution in [3.63, 3.8) is 0 Å². The summed E-state index contributed by atoms with van der Waals surface area (Å²) < 4.78 is 26.4. The summed E-state index contributed by atoms with van der Waals surface area (Å²) in [6, 6.07) is 12.6. The zero-order chi connectivity index (χ0) is 19.6. The number of anilines is 2. The fourth-order valence-electron chi connectivity index (χ4n) is 3.13. The molecule has 142 valence electrons. The summed E-state index contributed by atoms with van der Waals surface area (Å²) in [4.78, 5) is 14.7. The Morgan fingerprint density at radius 2 is 1.74 bits per heavy atom. The first kappa shape index (κ1) is 19.1. The first-order valence-electron chi connectivity index (χ1n) is 8.85. The quantitative estimate of drug-likeness (QED) is 0.750. The van der Waals surface area contributed by atoms with E-state index in [0.29, 0.717) is 16.8 Å². The highest BCUT2D eigenvalue weighted by atomic mass is 32.2. The van der Waals surface area contributed by atoms with E-state index in [0.717, 1.165) is 24.3 Å². The predicted molar refractivity (Wildman–Crippen MR) is 109 cm³/mol. The molecule has 7 heteroatoms. The third-order valence-corrected chi connectivity index (χ3v) is 6.10. The zero-order valence-electron chi connectivity index (χ0n) is 15.6. The molecule has 27 heavy (non-hydrogen) atoms. The summed E-state index contributed by atoms with van der Waals surface area (Å²) in [5.41, 5.74) is 3.66. The Labute approximate surface area is 159 Å². The van der Waals surface area contributed by atoms with Crippen molar-refractivity contribution < 1.29 is 13.2 Å². The molecule has 0 saturated carbocycles. The van der Waals surface area contributed by atoms with Gasteiger partial charge in [-0.1, -0.05) is 12.1 Å². The molecule has 3 rings (SSSR count). The molecule has 0 aliphatic carbocycles. The van der Waals surface area contributed by atoms with Crippen LogP contribution in [0.4, 0.5) is 11.4 Å². The minimum Gasteiger partial charge on any atom is -0.372 e. The molecule has 0 saturated heterocycles. The second kappa shape index (κ2) is 7.54. The minimum atomic E-state index is -3.58. The number of nitrogens with one attached hydrogen (secondary N) is 2. The van der Waals surface area contributed by atoms with Crippen molar-refractivity contribution >= 4 is 39.0 Å². The fraction of sp³-hybridized carbons (Fsp3) is 0.250. The number of amides is 1. The highest BCUT2D eigenvalue weighted by molar-refractivity contribution is 7.89. The van der Waals surface area contributed by atoms with Crippen LogP contribution in [0.2, 0.25) is 0 Å². The second-order valence-corrected chi connectivity index (χ2v) is 8.08. The van der Waals surface area contributed by atoms with Gasteiger partial charge in [-0.25, -0.2) is 13.1 Å². The average molecular weight is 385 g/mol. The Morgan fingerprint density at radius 3 is 2.33 bits per heavy atom. The van der Waals surface area contributed by atoms with E-state index >= 15 is 0 Å². The molecular weight excluding hydrogens is 362 g/mol. The van der Waals surface area contributed by atoms with E-state index in [1.54, 1.807) is 12.1 Å². The molecule has 0 radical (unpaired) electrons. The van der Waals surface area contributed by atoms with Crippen LogP contribution < -0.4 is 14.9 Å². The number of carbonyl (C=O) groups excluding carboxylic acids is 1. The maximum Gasteiger partial charge on any atom is 0.256 e. The van der Waals surface area contributed by atoms with Gasteiger partial charge in [0.1, 0.15) is 0 Å². The van der Waals surface area contributed by atoms with Gasteiger partial charge in [0.2, 0.25) is 10.0 Å². The van der Waals surface area contributed by atoms with Gasteiger partial charge in [-0.3, -0.25) is 4.79 Å². The van der Waals surface area contributed by atoms with Gasteiger partial charge in [0.15, 0.2) is 0 Å². The van der Waals surface area contributed by atoms with Gasteiger partial charge in [0.25, 0.3) is 5.91 Å². The summed E-state index contributed by atoms with van der Waals surface area (Å²) in [5, 5.41) is 2.78. The van der Waals surface area contributed by atoms with E-state index in [2.05, 4.69) is 28.8 Å². The van der Waals surface area contributed by atoms with Gasteiger partial charge >= 0.3 is 0 Å². The van der Waals surface area contributed by atoms with Crippen LogP contribution in [0.5, 0.6) is 0 Å². The SMILES string of the molecule is CCN(CC)c1ccc(C=C2C(=O)Nc3ccc(S(=O)(=O)NC)cc32)cc1. The van der Waals surface area contributed by atoms with Crippen LogP contribution in [0.1, 0.15) is 25.0 Å². The number of sulfonamides is 1. The number of fused-ring (bicyclic) bond motifs is 1. The molecule has 1 aliphatic heterocycles. The van der Waals surface area contributed by atoms with E-state index in [9.17, 15) is 13.2 Å². The molecule has 1 amide bonds. The Kier molecular flexibility index (Phi) is 5.34. The lowest BCUT2D eigenvalue weighted by molar-refractivity contribution is -0.110. The fourth-order valence-corrected chi connectivity index (χ4v) is 3.89. The standard InChI is InChI=1S/C20H23N3O3S/c1-4-23(5-2)15-8-6-14(7-9-15)12-18-17-13-16(27(25,26)21-3)10-11-19(17)22-20(18)24/h6-13,21H,4-5H2,1-3H3,(H,22,24). The van der Waals surface area contributed by atoms with Crippen molar-refractivity contribution in [3.8, 4) is 0 Å². The Morgan fingerprint density at radius 1 is 1.07 bits per heavy atom. The number of rotatable bonds is 6. The van der Waals surface area contributed by atoms with Crippen molar-refractivity contribution in [2.75, 3.05) is 30.4 Å². The van der Waals surface area contributed by atoms with Gasteiger partial charge < -0.3 is 10.2 Å². The number of hydrogen-bond donors (Lipinski definition) is 2. The van der Waals surface area contributed by atoms with Gasteiger partial charge in [0, 0.05) is 35.6 Å². The third kappa shape index (κ3) is 3.74. The van der Waals surface area contributed by atoms with Gasteiger partial charge in [-0.05, 0) is 62.9 Å². The molecule has 1 aliphatic rings. The molecule has 0 unspecified atom stereocenters. The minimum absolute atomic E-state index is 0.128. The molecule has 0 bridgehead atoms. The molecule has 0 atom stereocenters. The van der Waals surface area contributed by atoms with Crippen LogP contribution in [-0.4, -0.2) is 34.5 Å². The average Bonchev–Trinajstić information content (AvgIpc) is 2.98. The molecule has 2 N–H and O–H groups in total. The zero-order valence-corrected chi connectivity index (χ0v) is 16.4. The molecule has 1 heterocycles. The molecule has 0 spiro atoms. The van der Waals surface area contributed by atoms with Crippen molar-refractivity contribution in [1.29, 1.82) is 0 Å². The van der Waals surface area contributed by atoms with E-state index < -0.39 is 10.0 Å². The normalized spacial score (nSPS) is 14.9. The van der Waals surface area contributed by atoms with Crippen LogP contribution in [-0.2, 0) is 14.8 Å². The Balaban J connectivity index is 1.99. The second-order valence-electron chi connectivity index (χ2n) is 6.19. The van der Waals surface area contributed by atoms with Crippen molar-refractivity contribution in [2.24, 2.45) is 0 Å². The molecule has 6 nitrogen and oxygen atoms in total. The van der Waals surface area contributed by atoms with Crippen LogP contribution in [0.15, 0.2) is 47.4 Å². The molecule has 0 aromatic heterocycles. The lowest BCUT2D eigenvalue weighted by atomic mass is 10.0. The molecule has 2 aromatic carbocycles. The maximum atomic E-state index is 12.4. The monoisotopic (exact) mass is 385 g/mol. The van der Waals surface area contributed by atoms with E-state index in [1.165, 1.54) is 19.2 Å².